The molecule has 3 rings (SSSR count). The van der Waals surface area contributed by atoms with Gasteiger partial charge >= 0.3 is 5.97 Å². The number of imidazole rings is 1. The van der Waals surface area contributed by atoms with Gasteiger partial charge in [-0.3, -0.25) is 14.5 Å². The van der Waals surface area contributed by atoms with Gasteiger partial charge in [-0.15, -0.1) is 0 Å². The molecule has 10 heteroatoms. The smallest absolute Gasteiger partial charge is 0.317 e. The minimum absolute atomic E-state index is 0.0401. The molecule has 2 heterocycles. The van der Waals surface area contributed by atoms with Crippen LogP contribution >= 0.6 is 0 Å². The van der Waals surface area contributed by atoms with E-state index in [2.05, 4.69) is 25.3 Å². The van der Waals surface area contributed by atoms with E-state index in [0.717, 1.165) is 12.8 Å². The quantitative estimate of drug-likeness (QED) is 0.592. The number of aromatic amines is 1. The van der Waals surface area contributed by atoms with Crippen molar-refractivity contribution in [1.29, 1.82) is 0 Å². The van der Waals surface area contributed by atoms with E-state index in [1.807, 2.05) is 11.8 Å². The normalized spacial score (nSPS) is 19.3. The molecule has 10 nitrogen and oxygen atoms in total. The van der Waals surface area contributed by atoms with Crippen LogP contribution in [0, 0.1) is 0 Å². The molecule has 1 saturated carbocycles. The maximum Gasteiger partial charge on any atom is 0.317 e. The van der Waals surface area contributed by atoms with Gasteiger partial charge in [-0.05, 0) is 19.4 Å². The van der Waals surface area contributed by atoms with Crippen LogP contribution in [-0.2, 0) is 9.59 Å². The molecule has 26 heavy (non-hydrogen) atoms. The maximum absolute atomic E-state index is 12.3. The Morgan fingerprint density at radius 1 is 1.31 bits per heavy atom. The molecule has 0 saturated heterocycles. The van der Waals surface area contributed by atoms with Gasteiger partial charge in [0.2, 0.25) is 5.91 Å². The molecule has 0 atom stereocenters. The number of carbonyl (C=O) groups excluding carboxylic acids is 1. The summed E-state index contributed by atoms with van der Waals surface area (Å²) >= 11 is 0. The number of likely N-dealkylation sites (N-methyl/N-ethyl adjacent to an activating group) is 2. The zero-order valence-corrected chi connectivity index (χ0v) is 14.8. The molecule has 0 radical (unpaired) electrons. The van der Waals surface area contributed by atoms with Crippen molar-refractivity contribution in [2.45, 2.75) is 31.8 Å². The topological polar surface area (TPSA) is 127 Å². The third kappa shape index (κ3) is 3.90. The van der Waals surface area contributed by atoms with Crippen LogP contribution in [0.4, 0.5) is 5.82 Å². The van der Waals surface area contributed by atoms with E-state index in [0.29, 0.717) is 23.5 Å². The zero-order chi connectivity index (χ0) is 18.7. The summed E-state index contributed by atoms with van der Waals surface area (Å²) in [6.07, 6.45) is 4.51. The number of H-pyrrole nitrogens is 1. The van der Waals surface area contributed by atoms with E-state index in [-0.39, 0.29) is 31.1 Å². The summed E-state index contributed by atoms with van der Waals surface area (Å²) in [5.74, 6) is -0.299. The van der Waals surface area contributed by atoms with Gasteiger partial charge in [0.15, 0.2) is 11.5 Å². The molecule has 140 valence electrons. The van der Waals surface area contributed by atoms with Crippen molar-refractivity contribution in [1.82, 2.24) is 30.2 Å². The Hall–Kier alpha value is -2.75. The van der Waals surface area contributed by atoms with Crippen LogP contribution in [0.25, 0.3) is 11.2 Å². The summed E-state index contributed by atoms with van der Waals surface area (Å²) in [4.78, 5) is 42.2. The van der Waals surface area contributed by atoms with Crippen molar-refractivity contribution in [3.8, 4) is 0 Å². The van der Waals surface area contributed by atoms with Gasteiger partial charge in [0, 0.05) is 19.1 Å². The van der Waals surface area contributed by atoms with Crippen molar-refractivity contribution < 1.29 is 14.7 Å². The number of fused-ring (bicyclic) bond motifs is 1. The molecule has 0 aromatic carbocycles. The highest BCUT2D eigenvalue weighted by Crippen LogP contribution is 2.25. The molecule has 1 aliphatic rings. The number of hydrogen-bond donors (Lipinski definition) is 3. The van der Waals surface area contributed by atoms with Gasteiger partial charge in [0.1, 0.15) is 11.8 Å². The Kier molecular flexibility index (Phi) is 5.31. The summed E-state index contributed by atoms with van der Waals surface area (Å²) < 4.78 is 0. The van der Waals surface area contributed by atoms with Crippen molar-refractivity contribution in [3.63, 3.8) is 0 Å². The van der Waals surface area contributed by atoms with Crippen LogP contribution < -0.4 is 10.2 Å². The molecular formula is C16H23N7O3. The SMILES string of the molecule is CCN(CC(=O)O)C1CC(NC(=O)CN(C)c2ncnc3nc[nH]c23)C1. The first-order valence-electron chi connectivity index (χ1n) is 8.58. The monoisotopic (exact) mass is 361 g/mol. The van der Waals surface area contributed by atoms with Crippen molar-refractivity contribution in [3.05, 3.63) is 12.7 Å². The van der Waals surface area contributed by atoms with Crippen molar-refractivity contribution >= 4 is 28.9 Å². The molecule has 0 unspecified atom stereocenters. The fraction of sp³-hybridized carbons (Fsp3) is 0.562. The Morgan fingerprint density at radius 3 is 2.77 bits per heavy atom. The number of carboxylic acids is 1. The molecule has 0 aliphatic heterocycles. The molecule has 0 bridgehead atoms. The summed E-state index contributed by atoms with van der Waals surface area (Å²) in [6.45, 7) is 2.84. The number of nitrogens with zero attached hydrogens (tertiary/aromatic N) is 5. The second-order valence-corrected chi connectivity index (χ2v) is 6.50. The van der Waals surface area contributed by atoms with Crippen LogP contribution in [0.15, 0.2) is 12.7 Å². The molecule has 2 aromatic heterocycles. The lowest BCUT2D eigenvalue weighted by Gasteiger charge is -2.42. The summed E-state index contributed by atoms with van der Waals surface area (Å²) in [5, 5.41) is 11.9. The van der Waals surface area contributed by atoms with Gasteiger partial charge in [0.05, 0.1) is 19.4 Å². The molecular weight excluding hydrogens is 338 g/mol. The van der Waals surface area contributed by atoms with Gasteiger partial charge < -0.3 is 20.3 Å². The third-order valence-electron chi connectivity index (χ3n) is 4.68. The summed E-state index contributed by atoms with van der Waals surface area (Å²) in [6, 6.07) is 0.298. The summed E-state index contributed by atoms with van der Waals surface area (Å²) in [5.41, 5.74) is 1.25. The van der Waals surface area contributed by atoms with Crippen LogP contribution in [0.3, 0.4) is 0 Å². The lowest BCUT2D eigenvalue weighted by Crippen LogP contribution is -2.55. The first-order valence-corrected chi connectivity index (χ1v) is 8.58. The van der Waals surface area contributed by atoms with Crippen LogP contribution in [0.5, 0.6) is 0 Å². The van der Waals surface area contributed by atoms with E-state index in [4.69, 9.17) is 5.11 Å². The standard InChI is InChI=1S/C16H23N7O3/c1-3-23(7-13(25)26)11-4-10(5-11)21-12(24)6-22(2)16-14-15(18-8-17-14)19-9-20-16/h8-11H,3-7H2,1-2H3,(H,21,24)(H,25,26)(H,17,18,19,20). The average molecular weight is 361 g/mol. The average Bonchev–Trinajstić information content (AvgIpc) is 3.04. The second kappa shape index (κ2) is 7.65. The van der Waals surface area contributed by atoms with E-state index < -0.39 is 5.97 Å². The Labute approximate surface area is 150 Å². The van der Waals surface area contributed by atoms with Gasteiger partial charge in [0.25, 0.3) is 0 Å². The first kappa shape index (κ1) is 18.1. The fourth-order valence-electron chi connectivity index (χ4n) is 3.28. The number of nitrogens with one attached hydrogen (secondary N) is 2. The lowest BCUT2D eigenvalue weighted by molar-refractivity contribution is -0.139. The first-order chi connectivity index (χ1) is 12.5. The van der Waals surface area contributed by atoms with E-state index in [1.54, 1.807) is 18.3 Å². The molecule has 0 spiro atoms. The second-order valence-electron chi connectivity index (χ2n) is 6.50. The van der Waals surface area contributed by atoms with Gasteiger partial charge in [-0.1, -0.05) is 6.92 Å². The lowest BCUT2D eigenvalue weighted by atomic mass is 9.85. The van der Waals surface area contributed by atoms with E-state index in [1.165, 1.54) is 6.33 Å². The molecule has 1 aliphatic carbocycles. The molecule has 2 aromatic rings. The molecule has 3 N–H and O–H groups in total. The summed E-state index contributed by atoms with van der Waals surface area (Å²) in [7, 11) is 1.79. The van der Waals surface area contributed by atoms with Crippen molar-refractivity contribution in [2.75, 3.05) is 31.6 Å². The zero-order valence-electron chi connectivity index (χ0n) is 14.8. The predicted octanol–water partition coefficient (Wildman–Crippen LogP) is -0.157. The highest BCUT2D eigenvalue weighted by molar-refractivity contribution is 5.87. The number of rotatable bonds is 8. The number of aromatic nitrogens is 4. The largest absolute Gasteiger partial charge is 0.480 e. The van der Waals surface area contributed by atoms with Crippen LogP contribution in [-0.4, -0.2) is 80.6 Å². The van der Waals surface area contributed by atoms with Gasteiger partial charge in [-0.25, -0.2) is 15.0 Å². The Bertz CT molecular complexity index is 787. The highest BCUT2D eigenvalue weighted by Gasteiger charge is 2.34. The Morgan fingerprint density at radius 2 is 2.08 bits per heavy atom. The minimum atomic E-state index is -0.823. The Balaban J connectivity index is 1.49. The third-order valence-corrected chi connectivity index (χ3v) is 4.68. The molecule has 1 amide bonds. The number of anilines is 1. The molecule has 1 fully saturated rings. The highest BCUT2D eigenvalue weighted by atomic mass is 16.4. The van der Waals surface area contributed by atoms with Crippen LogP contribution in [0.2, 0.25) is 0 Å². The number of hydrogen-bond acceptors (Lipinski definition) is 7. The number of carboxylic acid groups (broad SMARTS) is 1. The fourth-order valence-corrected chi connectivity index (χ4v) is 3.28. The number of carbonyl (C=O) groups is 2. The minimum Gasteiger partial charge on any atom is -0.480 e. The number of amides is 1. The van der Waals surface area contributed by atoms with Crippen molar-refractivity contribution in [2.24, 2.45) is 0 Å². The number of aliphatic carboxylic acids is 1. The maximum atomic E-state index is 12.3. The predicted molar refractivity (Wildman–Crippen MR) is 94.8 cm³/mol. The van der Waals surface area contributed by atoms with E-state index >= 15 is 0 Å². The van der Waals surface area contributed by atoms with Gasteiger partial charge in [-0.2, -0.15) is 0 Å². The van der Waals surface area contributed by atoms with E-state index in [9.17, 15) is 9.59 Å². The van der Waals surface area contributed by atoms with Crippen LogP contribution in [0.1, 0.15) is 19.8 Å².